The summed E-state index contributed by atoms with van der Waals surface area (Å²) in [5.41, 5.74) is 6.18. The maximum atomic E-state index is 13.4. The van der Waals surface area contributed by atoms with Crippen LogP contribution in [0.4, 0.5) is 4.39 Å². The predicted molar refractivity (Wildman–Crippen MR) is 110 cm³/mol. The maximum absolute atomic E-state index is 13.4. The normalized spacial score (nSPS) is 16.6. The van der Waals surface area contributed by atoms with E-state index in [1.54, 1.807) is 24.3 Å². The molecule has 3 rings (SSSR count). The van der Waals surface area contributed by atoms with Crippen LogP contribution in [0.25, 0.3) is 0 Å². The summed E-state index contributed by atoms with van der Waals surface area (Å²) < 4.78 is 23.7. The Balaban J connectivity index is 1.53. The standard InChI is InChI=1S/C22H26FN3O4/c1-29-19-9-8-16(12-20(19)30-2)21(27)24-25-22(28)17-6-4-10-26(14-17)13-15-5-3-7-18(23)11-15/h3,5,7-9,11-12,17H,4,6,10,13-14H2,1-2H3,(H,24,27)(H,25,28). The number of likely N-dealkylation sites (tertiary alicyclic amines) is 1. The highest BCUT2D eigenvalue weighted by Gasteiger charge is 2.26. The number of carbonyl (C=O) groups is 2. The molecule has 1 fully saturated rings. The summed E-state index contributed by atoms with van der Waals surface area (Å²) in [6.07, 6.45) is 1.59. The van der Waals surface area contributed by atoms with Gasteiger partial charge in [-0.2, -0.15) is 0 Å². The van der Waals surface area contributed by atoms with Crippen LogP contribution in [-0.4, -0.2) is 44.0 Å². The maximum Gasteiger partial charge on any atom is 0.269 e. The van der Waals surface area contributed by atoms with E-state index in [2.05, 4.69) is 15.8 Å². The average molecular weight is 415 g/mol. The number of nitrogens with zero attached hydrogens (tertiary/aromatic N) is 1. The van der Waals surface area contributed by atoms with E-state index < -0.39 is 5.91 Å². The molecule has 0 aliphatic carbocycles. The van der Waals surface area contributed by atoms with Gasteiger partial charge in [0.05, 0.1) is 20.1 Å². The lowest BCUT2D eigenvalue weighted by Crippen LogP contribution is -2.48. The number of rotatable bonds is 6. The molecule has 2 N–H and O–H groups in total. The Bertz CT molecular complexity index is 906. The quantitative estimate of drug-likeness (QED) is 0.709. The lowest BCUT2D eigenvalue weighted by atomic mass is 9.97. The first-order valence-electron chi connectivity index (χ1n) is 9.79. The van der Waals surface area contributed by atoms with E-state index in [0.717, 1.165) is 24.9 Å². The van der Waals surface area contributed by atoms with Crippen molar-refractivity contribution in [1.82, 2.24) is 15.8 Å². The van der Waals surface area contributed by atoms with Crippen molar-refractivity contribution in [3.8, 4) is 11.5 Å². The molecule has 8 heteroatoms. The molecule has 1 heterocycles. The second-order valence-electron chi connectivity index (χ2n) is 7.22. The van der Waals surface area contributed by atoms with Crippen LogP contribution in [0.2, 0.25) is 0 Å². The molecule has 1 atom stereocenters. The van der Waals surface area contributed by atoms with Crippen LogP contribution in [0.3, 0.4) is 0 Å². The SMILES string of the molecule is COc1ccc(C(=O)NNC(=O)C2CCCN(Cc3cccc(F)c3)C2)cc1OC. The number of carbonyl (C=O) groups excluding carboxylic acids is 2. The van der Waals surface area contributed by atoms with Gasteiger partial charge in [0.1, 0.15) is 5.82 Å². The van der Waals surface area contributed by atoms with Gasteiger partial charge in [0.2, 0.25) is 5.91 Å². The van der Waals surface area contributed by atoms with Crippen LogP contribution < -0.4 is 20.3 Å². The zero-order chi connectivity index (χ0) is 21.5. The molecule has 1 aliphatic heterocycles. The van der Waals surface area contributed by atoms with Gasteiger partial charge < -0.3 is 9.47 Å². The Morgan fingerprint density at radius 3 is 2.63 bits per heavy atom. The van der Waals surface area contributed by atoms with Gasteiger partial charge >= 0.3 is 0 Å². The van der Waals surface area contributed by atoms with Gasteiger partial charge in [-0.25, -0.2) is 4.39 Å². The van der Waals surface area contributed by atoms with Crippen molar-refractivity contribution in [2.45, 2.75) is 19.4 Å². The van der Waals surface area contributed by atoms with Gasteiger partial charge in [0, 0.05) is 18.7 Å². The second-order valence-corrected chi connectivity index (χ2v) is 7.22. The van der Waals surface area contributed by atoms with Gasteiger partial charge in [-0.05, 0) is 55.3 Å². The topological polar surface area (TPSA) is 79.9 Å². The minimum atomic E-state index is -0.447. The minimum absolute atomic E-state index is 0.243. The highest BCUT2D eigenvalue weighted by molar-refractivity contribution is 5.96. The van der Waals surface area contributed by atoms with Gasteiger partial charge in [-0.15, -0.1) is 0 Å². The number of hydrazine groups is 1. The molecule has 0 saturated carbocycles. The molecule has 1 unspecified atom stereocenters. The Hall–Kier alpha value is -3.13. The number of hydrogen-bond donors (Lipinski definition) is 2. The number of methoxy groups -OCH3 is 2. The lowest BCUT2D eigenvalue weighted by molar-refractivity contribution is -0.127. The molecule has 30 heavy (non-hydrogen) atoms. The molecule has 1 saturated heterocycles. The number of halogens is 1. The highest BCUT2D eigenvalue weighted by atomic mass is 19.1. The van der Waals surface area contributed by atoms with E-state index in [1.807, 2.05) is 6.07 Å². The van der Waals surface area contributed by atoms with Gasteiger partial charge in [-0.1, -0.05) is 12.1 Å². The smallest absolute Gasteiger partial charge is 0.269 e. The number of piperidine rings is 1. The molecular formula is C22H26FN3O4. The van der Waals surface area contributed by atoms with Gasteiger partial charge in [0.25, 0.3) is 5.91 Å². The summed E-state index contributed by atoms with van der Waals surface area (Å²) in [5, 5.41) is 0. The Labute approximate surface area is 175 Å². The summed E-state index contributed by atoms with van der Waals surface area (Å²) in [6, 6.07) is 11.2. The molecule has 2 aromatic rings. The molecule has 2 amide bonds. The summed E-state index contributed by atoms with van der Waals surface area (Å²) in [4.78, 5) is 27.0. The number of ether oxygens (including phenoxy) is 2. The van der Waals surface area contributed by atoms with E-state index in [4.69, 9.17) is 9.47 Å². The van der Waals surface area contributed by atoms with E-state index in [-0.39, 0.29) is 17.6 Å². The summed E-state index contributed by atoms with van der Waals surface area (Å²) >= 11 is 0. The first kappa shape index (κ1) is 21.6. The fourth-order valence-corrected chi connectivity index (χ4v) is 3.58. The van der Waals surface area contributed by atoms with E-state index >= 15 is 0 Å². The largest absolute Gasteiger partial charge is 0.493 e. The van der Waals surface area contributed by atoms with Crippen LogP contribution in [-0.2, 0) is 11.3 Å². The first-order valence-corrected chi connectivity index (χ1v) is 9.79. The molecule has 160 valence electrons. The van der Waals surface area contributed by atoms with E-state index in [0.29, 0.717) is 30.2 Å². The molecule has 0 bridgehead atoms. The lowest BCUT2D eigenvalue weighted by Gasteiger charge is -2.32. The Morgan fingerprint density at radius 2 is 1.90 bits per heavy atom. The van der Waals surface area contributed by atoms with Crippen LogP contribution in [0.1, 0.15) is 28.8 Å². The number of hydrogen-bond acceptors (Lipinski definition) is 5. The monoisotopic (exact) mass is 415 g/mol. The van der Waals surface area contributed by atoms with Crippen LogP contribution in [0.15, 0.2) is 42.5 Å². The second kappa shape index (κ2) is 10.1. The minimum Gasteiger partial charge on any atom is -0.493 e. The summed E-state index contributed by atoms with van der Waals surface area (Å²) in [5.74, 6) is -0.269. The van der Waals surface area contributed by atoms with Gasteiger partial charge in [0.15, 0.2) is 11.5 Å². The Morgan fingerprint density at radius 1 is 1.10 bits per heavy atom. The highest BCUT2D eigenvalue weighted by Crippen LogP contribution is 2.27. The van der Waals surface area contributed by atoms with Gasteiger partial charge in [-0.3, -0.25) is 25.3 Å². The third-order valence-corrected chi connectivity index (χ3v) is 5.12. The number of amides is 2. The fourth-order valence-electron chi connectivity index (χ4n) is 3.58. The van der Waals surface area contributed by atoms with Crippen molar-refractivity contribution in [1.29, 1.82) is 0 Å². The van der Waals surface area contributed by atoms with E-state index in [9.17, 15) is 14.0 Å². The molecule has 0 aromatic heterocycles. The number of benzene rings is 2. The summed E-state index contributed by atoms with van der Waals surface area (Å²) in [6.45, 7) is 1.98. The van der Waals surface area contributed by atoms with Crippen LogP contribution in [0, 0.1) is 11.7 Å². The third-order valence-electron chi connectivity index (χ3n) is 5.12. The molecule has 0 spiro atoms. The number of nitrogens with one attached hydrogen (secondary N) is 2. The zero-order valence-corrected chi connectivity index (χ0v) is 17.1. The predicted octanol–water partition coefficient (Wildman–Crippen LogP) is 2.52. The molecule has 7 nitrogen and oxygen atoms in total. The molecule has 2 aromatic carbocycles. The molecule has 0 radical (unpaired) electrons. The fraction of sp³-hybridized carbons (Fsp3) is 0.364. The Kier molecular flexibility index (Phi) is 7.24. The van der Waals surface area contributed by atoms with Crippen molar-refractivity contribution in [2.75, 3.05) is 27.3 Å². The molecule has 1 aliphatic rings. The first-order chi connectivity index (χ1) is 14.5. The van der Waals surface area contributed by atoms with Crippen molar-refractivity contribution >= 4 is 11.8 Å². The van der Waals surface area contributed by atoms with Crippen molar-refractivity contribution in [3.63, 3.8) is 0 Å². The molecular weight excluding hydrogens is 389 g/mol. The van der Waals surface area contributed by atoms with Crippen molar-refractivity contribution < 1.29 is 23.5 Å². The third kappa shape index (κ3) is 5.48. The van der Waals surface area contributed by atoms with Crippen LogP contribution in [0.5, 0.6) is 11.5 Å². The summed E-state index contributed by atoms with van der Waals surface area (Å²) in [7, 11) is 3.00. The average Bonchev–Trinajstić information content (AvgIpc) is 2.76. The van der Waals surface area contributed by atoms with Crippen LogP contribution >= 0.6 is 0 Å². The van der Waals surface area contributed by atoms with Crippen molar-refractivity contribution in [3.05, 3.63) is 59.4 Å². The van der Waals surface area contributed by atoms with E-state index in [1.165, 1.54) is 26.4 Å². The van der Waals surface area contributed by atoms with Crippen molar-refractivity contribution in [2.24, 2.45) is 5.92 Å². The zero-order valence-electron chi connectivity index (χ0n) is 17.1.